The van der Waals surface area contributed by atoms with E-state index in [0.717, 1.165) is 0 Å². The fraction of sp³-hybridized carbons (Fsp3) is 0. The fourth-order valence-corrected chi connectivity index (χ4v) is 5.12. The van der Waals surface area contributed by atoms with Gasteiger partial charge in [0, 0.05) is 16.3 Å². The molecule has 0 atom stereocenters. The molecule has 1 heterocycles. The number of imidazole rings is 1. The number of aromatic nitrogens is 2. The standard InChI is InChI=1S/C39H26N2/c1-3-14-27(15-4-1)29-18-13-19-30(26-29)37-31-20-7-9-22-33(31)38(34-23-10-8-21-32(34)37)41-36-25-12-11-24-35(36)40-39(41)28-16-5-2-6-17-28/h1-26H/i1D,2D,3D,4D,5D,6D,7D,8D,9D,10D,14D,15D,16D,17D,20D,21D,22D,23D. The van der Waals surface area contributed by atoms with Crippen LogP contribution in [0.1, 0.15) is 24.7 Å². The van der Waals surface area contributed by atoms with E-state index in [0.29, 0.717) is 0 Å². The maximum absolute atomic E-state index is 9.40. The smallest absolute Gasteiger partial charge is 0.145 e. The van der Waals surface area contributed by atoms with Crippen molar-refractivity contribution in [3.63, 3.8) is 0 Å². The highest BCUT2D eigenvalue weighted by Gasteiger charge is 2.21. The highest BCUT2D eigenvalue weighted by molar-refractivity contribution is 6.19. The minimum atomic E-state index is -0.712. The molecule has 8 aromatic rings. The Morgan fingerprint density at radius 3 is 1.73 bits per heavy atom. The van der Waals surface area contributed by atoms with Crippen molar-refractivity contribution in [2.24, 2.45) is 0 Å². The van der Waals surface area contributed by atoms with Crippen LogP contribution in [0.15, 0.2) is 157 Å². The summed E-state index contributed by atoms with van der Waals surface area (Å²) in [7, 11) is 0. The van der Waals surface area contributed by atoms with Crippen LogP contribution in [-0.4, -0.2) is 9.55 Å². The summed E-state index contributed by atoms with van der Waals surface area (Å²) in [4.78, 5) is 4.68. The molecule has 0 saturated heterocycles. The second-order valence-electron chi connectivity index (χ2n) is 9.06. The number of benzene rings is 7. The first kappa shape index (κ1) is 11.6. The van der Waals surface area contributed by atoms with Crippen molar-refractivity contribution in [1.29, 1.82) is 0 Å². The average molecular weight is 541 g/mol. The molecular weight excluding hydrogens is 496 g/mol. The molecule has 0 fully saturated rings. The Balaban J connectivity index is 1.67. The Hall–Kier alpha value is -5.47. The van der Waals surface area contributed by atoms with Gasteiger partial charge >= 0.3 is 0 Å². The zero-order chi connectivity index (χ0) is 42.8. The van der Waals surface area contributed by atoms with Crippen LogP contribution in [-0.2, 0) is 0 Å². The molecule has 0 unspecified atom stereocenters. The number of para-hydroxylation sites is 2. The third-order valence-electron chi connectivity index (χ3n) is 6.80. The van der Waals surface area contributed by atoms with Gasteiger partial charge in [0.25, 0.3) is 0 Å². The van der Waals surface area contributed by atoms with Crippen LogP contribution in [0, 0.1) is 0 Å². The molecule has 0 aliphatic heterocycles. The molecule has 0 aliphatic rings. The van der Waals surface area contributed by atoms with Gasteiger partial charge in [-0.3, -0.25) is 4.57 Å². The molecule has 1 aromatic heterocycles. The summed E-state index contributed by atoms with van der Waals surface area (Å²) in [5, 5.41) is -1.000. The largest absolute Gasteiger partial charge is 0.291 e. The monoisotopic (exact) mass is 540 g/mol. The zero-order valence-corrected chi connectivity index (χ0v) is 21.0. The van der Waals surface area contributed by atoms with Crippen LogP contribution in [0.25, 0.3) is 71.9 Å². The van der Waals surface area contributed by atoms with E-state index in [1.807, 2.05) is 0 Å². The van der Waals surface area contributed by atoms with Gasteiger partial charge in [-0.2, -0.15) is 0 Å². The number of hydrogen-bond acceptors (Lipinski definition) is 1. The molecule has 0 spiro atoms. The number of hydrogen-bond donors (Lipinski definition) is 0. The fourth-order valence-electron chi connectivity index (χ4n) is 5.12. The van der Waals surface area contributed by atoms with Gasteiger partial charge in [-0.25, -0.2) is 4.98 Å². The first-order chi connectivity index (χ1) is 27.8. The number of rotatable bonds is 4. The van der Waals surface area contributed by atoms with Crippen molar-refractivity contribution in [2.75, 3.05) is 0 Å². The lowest BCUT2D eigenvalue weighted by atomic mass is 9.89. The van der Waals surface area contributed by atoms with Crippen LogP contribution in [0.2, 0.25) is 0 Å². The maximum Gasteiger partial charge on any atom is 0.145 e. The van der Waals surface area contributed by atoms with Crippen molar-refractivity contribution in [1.82, 2.24) is 9.55 Å². The van der Waals surface area contributed by atoms with Gasteiger partial charge in [-0.15, -0.1) is 0 Å². The normalized spacial score (nSPS) is 17.6. The van der Waals surface area contributed by atoms with Crippen molar-refractivity contribution in [2.45, 2.75) is 0 Å². The molecule has 2 nitrogen and oxygen atoms in total. The van der Waals surface area contributed by atoms with Gasteiger partial charge in [-0.05, 0) is 51.2 Å². The lowest BCUT2D eigenvalue weighted by molar-refractivity contribution is 1.13. The Labute approximate surface area is 264 Å². The summed E-state index contributed by atoms with van der Waals surface area (Å²) in [5.41, 5.74) is -0.274. The molecule has 0 radical (unpaired) electrons. The molecule has 0 saturated carbocycles. The lowest BCUT2D eigenvalue weighted by Crippen LogP contribution is -2.01. The topological polar surface area (TPSA) is 17.8 Å². The van der Waals surface area contributed by atoms with E-state index in [-0.39, 0.29) is 71.9 Å². The Kier molecular flexibility index (Phi) is 2.71. The SMILES string of the molecule is [2H]c1c([2H])c([2H])c(-c2cccc(-c3c4c([2H])c([2H])c([2H])c([2H])c4c(-n4c(-c5c([2H])c([2H])c([2H])c([2H])c5[2H])nc5ccccc54)c4c([2H])c([2H])c([2H])c([2H])c34)c2)c([2H])c1[2H]. The van der Waals surface area contributed by atoms with E-state index >= 15 is 0 Å². The van der Waals surface area contributed by atoms with Gasteiger partial charge in [0.05, 0.1) is 41.4 Å². The quantitative estimate of drug-likeness (QED) is 0.203. The summed E-state index contributed by atoms with van der Waals surface area (Å²) in [5.74, 6) is -0.276. The summed E-state index contributed by atoms with van der Waals surface area (Å²) in [6.07, 6.45) is 0. The zero-order valence-electron chi connectivity index (χ0n) is 39.0. The number of fused-ring (bicyclic) bond motifs is 3. The maximum atomic E-state index is 9.40. The van der Waals surface area contributed by atoms with Crippen molar-refractivity contribution in [3.8, 4) is 39.3 Å². The van der Waals surface area contributed by atoms with Crippen LogP contribution in [0.4, 0.5) is 0 Å². The van der Waals surface area contributed by atoms with Crippen LogP contribution in [0.3, 0.4) is 0 Å². The van der Waals surface area contributed by atoms with Crippen molar-refractivity contribution in [3.05, 3.63) is 157 Å². The Bertz CT molecular complexity index is 3070. The molecule has 0 aliphatic carbocycles. The second kappa shape index (κ2) is 9.62. The van der Waals surface area contributed by atoms with E-state index in [1.54, 1.807) is 24.3 Å². The summed E-state index contributed by atoms with van der Waals surface area (Å²) < 4.78 is 159. The molecule has 0 amide bonds. The van der Waals surface area contributed by atoms with E-state index in [2.05, 4.69) is 4.98 Å². The molecular formula is C39H26N2. The third-order valence-corrected chi connectivity index (χ3v) is 6.80. The minimum Gasteiger partial charge on any atom is -0.291 e. The third kappa shape index (κ3) is 3.84. The highest BCUT2D eigenvalue weighted by Crippen LogP contribution is 2.43. The van der Waals surface area contributed by atoms with Gasteiger partial charge in [-0.1, -0.05) is 139 Å². The average Bonchev–Trinajstić information content (AvgIpc) is 3.60. The summed E-state index contributed by atoms with van der Waals surface area (Å²) in [6.45, 7) is 0. The molecule has 7 aromatic carbocycles. The lowest BCUT2D eigenvalue weighted by Gasteiger charge is -2.20. The molecule has 0 N–H and O–H groups in total. The van der Waals surface area contributed by atoms with Crippen LogP contribution in [0.5, 0.6) is 0 Å². The van der Waals surface area contributed by atoms with Crippen molar-refractivity contribution >= 4 is 32.6 Å². The Morgan fingerprint density at radius 2 is 1.05 bits per heavy atom. The first-order valence-corrected chi connectivity index (χ1v) is 12.5. The molecule has 0 bridgehead atoms. The highest BCUT2D eigenvalue weighted by atomic mass is 15.1. The van der Waals surface area contributed by atoms with Crippen LogP contribution >= 0.6 is 0 Å². The minimum absolute atomic E-state index is 0.0965. The van der Waals surface area contributed by atoms with E-state index in [1.165, 1.54) is 28.8 Å². The second-order valence-corrected chi connectivity index (χ2v) is 9.06. The van der Waals surface area contributed by atoms with E-state index in [9.17, 15) is 5.48 Å². The molecule has 2 heteroatoms. The van der Waals surface area contributed by atoms with Gasteiger partial charge in [0.1, 0.15) is 5.82 Å². The number of nitrogens with zero attached hydrogens (tertiary/aromatic N) is 2. The van der Waals surface area contributed by atoms with Gasteiger partial charge < -0.3 is 0 Å². The van der Waals surface area contributed by atoms with Crippen LogP contribution < -0.4 is 0 Å². The molecule has 41 heavy (non-hydrogen) atoms. The van der Waals surface area contributed by atoms with E-state index in [4.69, 9.17) is 19.2 Å². The summed E-state index contributed by atoms with van der Waals surface area (Å²) in [6, 6.07) is 0.708. The van der Waals surface area contributed by atoms with Gasteiger partial charge in [0.15, 0.2) is 0 Å². The van der Waals surface area contributed by atoms with Crippen molar-refractivity contribution < 1.29 is 24.7 Å². The summed E-state index contributed by atoms with van der Waals surface area (Å²) >= 11 is 0. The predicted molar refractivity (Wildman–Crippen MR) is 172 cm³/mol. The van der Waals surface area contributed by atoms with Gasteiger partial charge in [0.2, 0.25) is 0 Å². The predicted octanol–water partition coefficient (Wildman–Crippen LogP) is 10.3. The first-order valence-electron chi connectivity index (χ1n) is 21.5. The molecule has 8 rings (SSSR count). The molecule has 192 valence electrons. The van der Waals surface area contributed by atoms with E-state index < -0.39 is 109 Å². The Morgan fingerprint density at radius 1 is 0.488 bits per heavy atom.